The van der Waals surface area contributed by atoms with Gasteiger partial charge >= 0.3 is 5.97 Å². The predicted octanol–water partition coefficient (Wildman–Crippen LogP) is 1.45. The highest BCUT2D eigenvalue weighted by molar-refractivity contribution is 5.94. The molecule has 1 aliphatic carbocycles. The van der Waals surface area contributed by atoms with Crippen molar-refractivity contribution in [3.8, 4) is 0 Å². The summed E-state index contributed by atoms with van der Waals surface area (Å²) in [7, 11) is 0. The highest BCUT2D eigenvalue weighted by atomic mass is 16.4. The minimum Gasteiger partial charge on any atom is -0.480 e. The van der Waals surface area contributed by atoms with Crippen molar-refractivity contribution in [1.82, 2.24) is 5.32 Å². The fraction of sp³-hybridized carbons (Fsp3) is 0.429. The Morgan fingerprint density at radius 1 is 1.37 bits per heavy atom. The SMILES string of the molecule is O=C1CCc2cc(C(NC3CC3)C(=O)O)ccc2N1. The van der Waals surface area contributed by atoms with Crippen molar-refractivity contribution in [2.45, 2.75) is 37.8 Å². The third kappa shape index (κ3) is 2.61. The number of hydrogen-bond donors (Lipinski definition) is 3. The van der Waals surface area contributed by atoms with Gasteiger partial charge < -0.3 is 10.4 Å². The standard InChI is InChI=1S/C14H16N2O3/c17-12-6-2-8-7-9(1-5-11(8)16-12)13(14(18)19)15-10-3-4-10/h1,5,7,10,13,15H,2-4,6H2,(H,16,17)(H,18,19). The Balaban J connectivity index is 1.86. The molecule has 3 rings (SSSR count). The summed E-state index contributed by atoms with van der Waals surface area (Å²) in [5, 5.41) is 15.3. The zero-order valence-corrected chi connectivity index (χ0v) is 10.5. The lowest BCUT2D eigenvalue weighted by molar-refractivity contribution is -0.139. The summed E-state index contributed by atoms with van der Waals surface area (Å²) in [5.41, 5.74) is 2.57. The molecule has 0 saturated heterocycles. The predicted molar refractivity (Wildman–Crippen MR) is 69.9 cm³/mol. The zero-order valence-electron chi connectivity index (χ0n) is 10.5. The second kappa shape index (κ2) is 4.66. The van der Waals surface area contributed by atoms with Crippen molar-refractivity contribution >= 4 is 17.6 Å². The van der Waals surface area contributed by atoms with Crippen LogP contribution in [0.1, 0.15) is 36.4 Å². The second-order valence-electron chi connectivity index (χ2n) is 5.18. The molecule has 2 aliphatic rings. The second-order valence-corrected chi connectivity index (χ2v) is 5.18. The van der Waals surface area contributed by atoms with Crippen LogP contribution in [0.2, 0.25) is 0 Å². The van der Waals surface area contributed by atoms with Crippen LogP contribution in [0.4, 0.5) is 5.69 Å². The van der Waals surface area contributed by atoms with Gasteiger partial charge in [0, 0.05) is 18.2 Å². The number of nitrogens with one attached hydrogen (secondary N) is 2. The van der Waals surface area contributed by atoms with Crippen molar-refractivity contribution in [2.75, 3.05) is 5.32 Å². The molecule has 5 nitrogen and oxygen atoms in total. The first-order chi connectivity index (χ1) is 9.13. The van der Waals surface area contributed by atoms with Crippen LogP contribution >= 0.6 is 0 Å². The summed E-state index contributed by atoms with van der Waals surface area (Å²) in [6.45, 7) is 0. The number of benzene rings is 1. The molecule has 0 bridgehead atoms. The van der Waals surface area contributed by atoms with Gasteiger partial charge in [-0.25, -0.2) is 0 Å². The van der Waals surface area contributed by atoms with Crippen LogP contribution in [-0.2, 0) is 16.0 Å². The van der Waals surface area contributed by atoms with Crippen LogP contribution < -0.4 is 10.6 Å². The molecule has 100 valence electrons. The van der Waals surface area contributed by atoms with Crippen molar-refractivity contribution in [3.05, 3.63) is 29.3 Å². The topological polar surface area (TPSA) is 78.4 Å². The Morgan fingerprint density at radius 3 is 2.84 bits per heavy atom. The van der Waals surface area contributed by atoms with Crippen LogP contribution in [0.5, 0.6) is 0 Å². The maximum atomic E-state index is 11.4. The monoisotopic (exact) mass is 260 g/mol. The summed E-state index contributed by atoms with van der Waals surface area (Å²) in [6.07, 6.45) is 3.23. The van der Waals surface area contributed by atoms with E-state index < -0.39 is 12.0 Å². The summed E-state index contributed by atoms with van der Waals surface area (Å²) in [6, 6.07) is 5.14. The third-order valence-electron chi connectivity index (χ3n) is 3.58. The molecule has 1 aromatic carbocycles. The molecule has 1 atom stereocenters. The van der Waals surface area contributed by atoms with Crippen molar-refractivity contribution < 1.29 is 14.7 Å². The molecule has 0 radical (unpaired) electrons. The van der Waals surface area contributed by atoms with E-state index in [2.05, 4.69) is 10.6 Å². The van der Waals surface area contributed by atoms with E-state index in [9.17, 15) is 14.7 Å². The fourth-order valence-corrected chi connectivity index (χ4v) is 2.38. The van der Waals surface area contributed by atoms with Crippen LogP contribution in [0, 0.1) is 0 Å². The lowest BCUT2D eigenvalue weighted by Gasteiger charge is -2.20. The highest BCUT2D eigenvalue weighted by Gasteiger charge is 2.29. The van der Waals surface area contributed by atoms with Crippen LogP contribution in [0.15, 0.2) is 18.2 Å². The highest BCUT2D eigenvalue weighted by Crippen LogP contribution is 2.29. The van der Waals surface area contributed by atoms with Crippen molar-refractivity contribution in [2.24, 2.45) is 0 Å². The Labute approximate surface area is 111 Å². The normalized spacial score (nSPS) is 19.5. The molecule has 1 heterocycles. The fourth-order valence-electron chi connectivity index (χ4n) is 2.38. The van der Waals surface area contributed by atoms with E-state index in [1.54, 1.807) is 12.1 Å². The minimum absolute atomic E-state index is 0.0196. The summed E-state index contributed by atoms with van der Waals surface area (Å²) in [5.74, 6) is -0.835. The maximum Gasteiger partial charge on any atom is 0.325 e. The van der Waals surface area contributed by atoms with Gasteiger partial charge in [-0.1, -0.05) is 12.1 Å². The molecule has 19 heavy (non-hydrogen) atoms. The molecule has 1 amide bonds. The number of carboxylic acids is 1. The molecule has 1 unspecified atom stereocenters. The van der Waals surface area contributed by atoms with Gasteiger partial charge in [0.05, 0.1) is 0 Å². The average molecular weight is 260 g/mol. The van der Waals surface area contributed by atoms with Gasteiger partial charge in [-0.15, -0.1) is 0 Å². The number of rotatable bonds is 4. The molecule has 3 N–H and O–H groups in total. The summed E-state index contributed by atoms with van der Waals surface area (Å²) < 4.78 is 0. The summed E-state index contributed by atoms with van der Waals surface area (Å²) >= 11 is 0. The van der Waals surface area contributed by atoms with E-state index in [0.29, 0.717) is 18.9 Å². The molecule has 5 heteroatoms. The molecular weight excluding hydrogens is 244 g/mol. The van der Waals surface area contributed by atoms with Gasteiger partial charge in [0.15, 0.2) is 0 Å². The lowest BCUT2D eigenvalue weighted by atomic mass is 9.97. The van der Waals surface area contributed by atoms with Gasteiger partial charge in [0.25, 0.3) is 0 Å². The Morgan fingerprint density at radius 2 is 2.16 bits per heavy atom. The lowest BCUT2D eigenvalue weighted by Crippen LogP contribution is -2.30. The number of anilines is 1. The average Bonchev–Trinajstić information content (AvgIpc) is 3.19. The van der Waals surface area contributed by atoms with E-state index in [1.165, 1.54) is 0 Å². The number of amides is 1. The number of hydrogen-bond acceptors (Lipinski definition) is 3. The van der Waals surface area contributed by atoms with Gasteiger partial charge in [0.2, 0.25) is 5.91 Å². The maximum absolute atomic E-state index is 11.4. The van der Waals surface area contributed by atoms with Crippen molar-refractivity contribution in [1.29, 1.82) is 0 Å². The molecule has 0 spiro atoms. The first kappa shape index (κ1) is 12.2. The van der Waals surface area contributed by atoms with Crippen LogP contribution in [0.25, 0.3) is 0 Å². The Kier molecular flexibility index (Phi) is 2.98. The first-order valence-electron chi connectivity index (χ1n) is 6.55. The first-order valence-corrected chi connectivity index (χ1v) is 6.55. The molecule has 1 fully saturated rings. The Bertz CT molecular complexity index is 537. The van der Waals surface area contributed by atoms with E-state index >= 15 is 0 Å². The van der Waals surface area contributed by atoms with Crippen LogP contribution in [0.3, 0.4) is 0 Å². The van der Waals surface area contributed by atoms with Crippen molar-refractivity contribution in [3.63, 3.8) is 0 Å². The molecule has 1 saturated carbocycles. The quantitative estimate of drug-likeness (QED) is 0.765. The number of aryl methyl sites for hydroxylation is 1. The number of aliphatic carboxylic acids is 1. The third-order valence-corrected chi connectivity index (χ3v) is 3.58. The van der Waals surface area contributed by atoms with Gasteiger partial charge in [0.1, 0.15) is 6.04 Å². The zero-order chi connectivity index (χ0) is 13.4. The van der Waals surface area contributed by atoms with Gasteiger partial charge in [-0.05, 0) is 36.5 Å². The molecule has 1 aromatic rings. The van der Waals surface area contributed by atoms with Crippen LogP contribution in [-0.4, -0.2) is 23.0 Å². The van der Waals surface area contributed by atoms with Gasteiger partial charge in [-0.3, -0.25) is 14.9 Å². The molecule has 0 aromatic heterocycles. The largest absolute Gasteiger partial charge is 0.480 e. The summed E-state index contributed by atoms with van der Waals surface area (Å²) in [4.78, 5) is 22.6. The van der Waals surface area contributed by atoms with E-state index in [1.807, 2.05) is 6.07 Å². The molecular formula is C14H16N2O3. The number of carbonyl (C=O) groups is 2. The molecule has 1 aliphatic heterocycles. The Hall–Kier alpha value is -1.88. The van der Waals surface area contributed by atoms with E-state index in [0.717, 1.165) is 29.7 Å². The number of carbonyl (C=O) groups excluding carboxylic acids is 1. The smallest absolute Gasteiger partial charge is 0.325 e. The van der Waals surface area contributed by atoms with Gasteiger partial charge in [-0.2, -0.15) is 0 Å². The van der Waals surface area contributed by atoms with E-state index in [-0.39, 0.29) is 5.91 Å². The van der Waals surface area contributed by atoms with E-state index in [4.69, 9.17) is 0 Å². The number of fused-ring (bicyclic) bond motifs is 1. The minimum atomic E-state index is -0.855. The number of carboxylic acid groups (broad SMARTS) is 1.